The molecular weight excluding hydrogens is 328 g/mol. The van der Waals surface area contributed by atoms with E-state index in [4.69, 9.17) is 26.8 Å². The number of benzene rings is 2. The number of anilines is 1. The van der Waals surface area contributed by atoms with E-state index in [0.29, 0.717) is 41.6 Å². The summed E-state index contributed by atoms with van der Waals surface area (Å²) in [6.07, 6.45) is 0.685. The molecule has 0 heterocycles. The van der Waals surface area contributed by atoms with Crippen LogP contribution in [0.15, 0.2) is 36.4 Å². The minimum Gasteiger partial charge on any atom is -0.496 e. The molecule has 0 spiro atoms. The number of rotatable bonds is 7. The Morgan fingerprint density at radius 3 is 2.62 bits per heavy atom. The fourth-order valence-electron chi connectivity index (χ4n) is 2.11. The predicted molar refractivity (Wildman–Crippen MR) is 96.0 cm³/mol. The number of nitrogen functional groups attached to an aromatic ring is 1. The number of hydrogen-bond acceptors (Lipinski definition) is 4. The van der Waals surface area contributed by atoms with Crippen LogP contribution in [-0.2, 0) is 0 Å². The lowest BCUT2D eigenvalue weighted by molar-refractivity contribution is 0.0948. The Balaban J connectivity index is 1.81. The highest BCUT2D eigenvalue weighted by atomic mass is 35.5. The quantitative estimate of drug-likeness (QED) is 0.593. The highest BCUT2D eigenvalue weighted by Crippen LogP contribution is 2.28. The Bertz CT molecular complexity index is 702. The van der Waals surface area contributed by atoms with Crippen molar-refractivity contribution in [2.75, 3.05) is 26.0 Å². The highest BCUT2D eigenvalue weighted by molar-refractivity contribution is 6.33. The van der Waals surface area contributed by atoms with Crippen LogP contribution in [0.3, 0.4) is 0 Å². The summed E-state index contributed by atoms with van der Waals surface area (Å²) < 4.78 is 10.8. The molecule has 5 nitrogen and oxygen atoms in total. The molecule has 0 saturated heterocycles. The van der Waals surface area contributed by atoms with Crippen LogP contribution in [0.1, 0.15) is 22.3 Å². The smallest absolute Gasteiger partial charge is 0.255 e. The van der Waals surface area contributed by atoms with Crippen molar-refractivity contribution in [2.24, 2.45) is 0 Å². The monoisotopic (exact) mass is 348 g/mol. The van der Waals surface area contributed by atoms with Crippen molar-refractivity contribution in [3.05, 3.63) is 52.5 Å². The Hall–Kier alpha value is -2.40. The maximum absolute atomic E-state index is 12.2. The first-order valence-electron chi connectivity index (χ1n) is 7.62. The molecule has 0 aromatic heterocycles. The van der Waals surface area contributed by atoms with Gasteiger partial charge in [-0.05, 0) is 31.5 Å². The van der Waals surface area contributed by atoms with Gasteiger partial charge in [-0.25, -0.2) is 0 Å². The summed E-state index contributed by atoms with van der Waals surface area (Å²) in [5.41, 5.74) is 7.62. The van der Waals surface area contributed by atoms with E-state index >= 15 is 0 Å². The number of nitrogens with one attached hydrogen (secondary N) is 1. The van der Waals surface area contributed by atoms with E-state index in [1.165, 1.54) is 24.8 Å². The lowest BCUT2D eigenvalue weighted by Crippen LogP contribution is -2.26. The van der Waals surface area contributed by atoms with Crippen molar-refractivity contribution in [1.82, 2.24) is 5.32 Å². The van der Waals surface area contributed by atoms with Gasteiger partial charge in [-0.2, -0.15) is 0 Å². The molecule has 2 aromatic rings. The molecule has 128 valence electrons. The van der Waals surface area contributed by atoms with E-state index < -0.39 is 0 Å². The number of carbonyl (C=O) groups excluding carboxylic acids is 1. The molecular formula is C18H21ClN2O3. The molecule has 6 heteroatoms. The Morgan fingerprint density at radius 1 is 1.25 bits per heavy atom. The van der Waals surface area contributed by atoms with Crippen LogP contribution in [0.25, 0.3) is 0 Å². The zero-order chi connectivity index (χ0) is 17.5. The third kappa shape index (κ3) is 4.80. The van der Waals surface area contributed by atoms with Crippen LogP contribution in [0.2, 0.25) is 5.02 Å². The van der Waals surface area contributed by atoms with E-state index in [-0.39, 0.29) is 5.91 Å². The molecule has 2 aromatic carbocycles. The Morgan fingerprint density at radius 2 is 1.96 bits per heavy atom. The molecule has 2 rings (SSSR count). The van der Waals surface area contributed by atoms with Gasteiger partial charge in [-0.15, -0.1) is 0 Å². The molecule has 0 fully saturated rings. The van der Waals surface area contributed by atoms with E-state index in [2.05, 4.69) is 5.32 Å². The van der Waals surface area contributed by atoms with Gasteiger partial charge < -0.3 is 20.5 Å². The van der Waals surface area contributed by atoms with E-state index in [1.54, 1.807) is 0 Å². The summed E-state index contributed by atoms with van der Waals surface area (Å²) in [4.78, 5) is 12.2. The van der Waals surface area contributed by atoms with Crippen molar-refractivity contribution in [3.63, 3.8) is 0 Å². The third-order valence-electron chi connectivity index (χ3n) is 3.46. The van der Waals surface area contributed by atoms with Gasteiger partial charge in [-0.3, -0.25) is 4.79 Å². The van der Waals surface area contributed by atoms with Crippen LogP contribution in [0.5, 0.6) is 11.5 Å². The molecule has 0 aliphatic heterocycles. The van der Waals surface area contributed by atoms with E-state index in [1.807, 2.05) is 31.2 Å². The summed E-state index contributed by atoms with van der Waals surface area (Å²) in [6, 6.07) is 10.9. The molecule has 0 radical (unpaired) electrons. The van der Waals surface area contributed by atoms with Crippen LogP contribution in [0.4, 0.5) is 5.69 Å². The summed E-state index contributed by atoms with van der Waals surface area (Å²) in [7, 11) is 1.48. The van der Waals surface area contributed by atoms with Gasteiger partial charge >= 0.3 is 0 Å². The first-order valence-corrected chi connectivity index (χ1v) is 7.99. The minimum absolute atomic E-state index is 0.260. The molecule has 0 saturated carbocycles. The van der Waals surface area contributed by atoms with Crippen molar-refractivity contribution < 1.29 is 14.3 Å². The molecule has 0 unspecified atom stereocenters. The first kappa shape index (κ1) is 17.9. The van der Waals surface area contributed by atoms with Gasteiger partial charge in [0.25, 0.3) is 5.91 Å². The summed E-state index contributed by atoms with van der Waals surface area (Å²) in [6.45, 7) is 3.02. The van der Waals surface area contributed by atoms with E-state index in [9.17, 15) is 4.79 Å². The van der Waals surface area contributed by atoms with Gasteiger partial charge in [0.2, 0.25) is 0 Å². The second-order valence-electron chi connectivity index (χ2n) is 5.34. The van der Waals surface area contributed by atoms with Gasteiger partial charge in [-0.1, -0.05) is 29.3 Å². The van der Waals surface area contributed by atoms with Crippen LogP contribution in [0, 0.1) is 6.92 Å². The number of halogens is 1. The minimum atomic E-state index is -0.260. The molecule has 0 aliphatic rings. The van der Waals surface area contributed by atoms with Crippen LogP contribution < -0.4 is 20.5 Å². The van der Waals surface area contributed by atoms with Crippen molar-refractivity contribution >= 4 is 23.2 Å². The standard InChI is InChI=1S/C18H21ClN2O3/c1-12-4-6-13(7-5-12)24-9-3-8-21-18(22)14-10-15(19)16(20)11-17(14)23-2/h4-7,10-11H,3,8-9,20H2,1-2H3,(H,21,22). The predicted octanol–water partition coefficient (Wildman–Crippen LogP) is 3.44. The maximum Gasteiger partial charge on any atom is 0.255 e. The van der Waals surface area contributed by atoms with Crippen molar-refractivity contribution in [2.45, 2.75) is 13.3 Å². The number of hydrogen-bond donors (Lipinski definition) is 2. The molecule has 24 heavy (non-hydrogen) atoms. The Labute approximate surface area is 146 Å². The highest BCUT2D eigenvalue weighted by Gasteiger charge is 2.14. The van der Waals surface area contributed by atoms with Gasteiger partial charge in [0.05, 0.1) is 30.0 Å². The lowest BCUT2D eigenvalue weighted by atomic mass is 10.1. The third-order valence-corrected chi connectivity index (χ3v) is 3.79. The van der Waals surface area contributed by atoms with E-state index in [0.717, 1.165) is 5.75 Å². The van der Waals surface area contributed by atoms with Gasteiger partial charge in [0.1, 0.15) is 11.5 Å². The average Bonchev–Trinajstić information content (AvgIpc) is 2.58. The number of carbonyl (C=O) groups is 1. The fourth-order valence-corrected chi connectivity index (χ4v) is 2.27. The normalized spacial score (nSPS) is 10.3. The molecule has 0 bridgehead atoms. The molecule has 0 atom stereocenters. The summed E-state index contributed by atoms with van der Waals surface area (Å²) >= 11 is 5.97. The number of ether oxygens (including phenoxy) is 2. The molecule has 1 amide bonds. The molecule has 0 aliphatic carbocycles. The zero-order valence-electron chi connectivity index (χ0n) is 13.8. The van der Waals surface area contributed by atoms with Gasteiger partial charge in [0, 0.05) is 12.6 Å². The van der Waals surface area contributed by atoms with Crippen LogP contribution in [-0.4, -0.2) is 26.2 Å². The largest absolute Gasteiger partial charge is 0.496 e. The number of methoxy groups -OCH3 is 1. The van der Waals surface area contributed by atoms with Crippen molar-refractivity contribution in [3.8, 4) is 11.5 Å². The number of aryl methyl sites for hydroxylation is 1. The lowest BCUT2D eigenvalue weighted by Gasteiger charge is -2.11. The zero-order valence-corrected chi connectivity index (χ0v) is 14.5. The van der Waals surface area contributed by atoms with Crippen molar-refractivity contribution in [1.29, 1.82) is 0 Å². The Kier molecular flexibility index (Phi) is 6.32. The first-order chi connectivity index (χ1) is 11.5. The summed E-state index contributed by atoms with van der Waals surface area (Å²) in [5, 5.41) is 3.14. The topological polar surface area (TPSA) is 73.6 Å². The second kappa shape index (κ2) is 8.45. The molecule has 3 N–H and O–H groups in total. The summed E-state index contributed by atoms with van der Waals surface area (Å²) in [5.74, 6) is 0.952. The fraction of sp³-hybridized carbons (Fsp3) is 0.278. The van der Waals surface area contributed by atoms with Gasteiger partial charge in [0.15, 0.2) is 0 Å². The SMILES string of the molecule is COc1cc(N)c(Cl)cc1C(=O)NCCCOc1ccc(C)cc1. The number of nitrogens with two attached hydrogens (primary N) is 1. The average molecular weight is 349 g/mol. The van der Waals surface area contributed by atoms with Crippen LogP contribution >= 0.6 is 11.6 Å². The maximum atomic E-state index is 12.2. The second-order valence-corrected chi connectivity index (χ2v) is 5.75. The number of amides is 1.